The predicted molar refractivity (Wildman–Crippen MR) is 219 cm³/mol. The summed E-state index contributed by atoms with van der Waals surface area (Å²) in [5.74, 6) is 0. The van der Waals surface area contributed by atoms with Crippen molar-refractivity contribution in [3.8, 4) is 11.1 Å². The van der Waals surface area contributed by atoms with E-state index in [1.807, 2.05) is 17.4 Å². The molecule has 244 valence electrons. The van der Waals surface area contributed by atoms with Crippen LogP contribution in [0.25, 0.3) is 53.2 Å². The molecule has 52 heavy (non-hydrogen) atoms. The van der Waals surface area contributed by atoms with Crippen LogP contribution < -0.4 is 4.90 Å². The van der Waals surface area contributed by atoms with E-state index < -0.39 is 5.41 Å². The molecule has 1 aliphatic rings. The van der Waals surface area contributed by atoms with E-state index >= 15 is 0 Å². The number of rotatable bonds is 5. The van der Waals surface area contributed by atoms with E-state index in [0.717, 1.165) is 39.0 Å². The molecule has 1 aliphatic carbocycles. The molecule has 11 rings (SSSR count). The molecule has 0 saturated heterocycles. The fourth-order valence-corrected chi connectivity index (χ4v) is 9.99. The van der Waals surface area contributed by atoms with Crippen LogP contribution in [-0.4, -0.2) is 0 Å². The van der Waals surface area contributed by atoms with Gasteiger partial charge in [0.2, 0.25) is 0 Å². The van der Waals surface area contributed by atoms with Crippen LogP contribution in [0.3, 0.4) is 0 Å². The van der Waals surface area contributed by atoms with Crippen LogP contribution in [0.5, 0.6) is 0 Å². The molecule has 0 saturated carbocycles. The van der Waals surface area contributed by atoms with E-state index in [2.05, 4.69) is 187 Å². The standard InChI is InChI=1S/C49H31NOS/c1-3-15-32(16-4-1)49(33-17-5-2-6-18-33)39-22-10-7-20-37(39)47-40(49)23-13-24-41(47)50(34-29-30-36-35-19-8-11-26-43(35)51-44(36)31-34)42-25-14-28-46-48(42)38-21-9-12-27-45(38)52-46/h1-31H. The van der Waals surface area contributed by atoms with Crippen molar-refractivity contribution in [2.24, 2.45) is 0 Å². The Morgan fingerprint density at radius 2 is 1.06 bits per heavy atom. The van der Waals surface area contributed by atoms with Crippen LogP contribution in [0.1, 0.15) is 22.3 Å². The van der Waals surface area contributed by atoms with Crippen LogP contribution in [0.15, 0.2) is 192 Å². The summed E-state index contributed by atoms with van der Waals surface area (Å²) < 4.78 is 9.08. The molecule has 2 heterocycles. The van der Waals surface area contributed by atoms with Gasteiger partial charge in [0, 0.05) is 48.3 Å². The Kier molecular flexibility index (Phi) is 6.37. The molecule has 0 spiro atoms. The second-order valence-corrected chi connectivity index (χ2v) is 14.7. The van der Waals surface area contributed by atoms with Gasteiger partial charge in [-0.2, -0.15) is 0 Å². The lowest BCUT2D eigenvalue weighted by Gasteiger charge is -2.34. The summed E-state index contributed by atoms with van der Waals surface area (Å²) in [5, 5.41) is 4.78. The minimum absolute atomic E-state index is 0.500. The molecule has 3 heteroatoms. The number of benzene rings is 8. The van der Waals surface area contributed by atoms with Crippen molar-refractivity contribution in [2.75, 3.05) is 4.90 Å². The topological polar surface area (TPSA) is 16.4 Å². The number of nitrogens with zero attached hydrogens (tertiary/aromatic N) is 1. The maximum absolute atomic E-state index is 6.53. The lowest BCUT2D eigenvalue weighted by molar-refractivity contribution is 0.669. The van der Waals surface area contributed by atoms with Crippen LogP contribution in [-0.2, 0) is 5.41 Å². The van der Waals surface area contributed by atoms with E-state index in [4.69, 9.17) is 4.42 Å². The van der Waals surface area contributed by atoms with Crippen molar-refractivity contribution in [1.82, 2.24) is 0 Å². The van der Waals surface area contributed by atoms with E-state index in [9.17, 15) is 0 Å². The molecule has 0 radical (unpaired) electrons. The van der Waals surface area contributed by atoms with Gasteiger partial charge >= 0.3 is 0 Å². The highest BCUT2D eigenvalue weighted by Gasteiger charge is 2.47. The Bertz CT molecular complexity index is 2930. The average Bonchev–Trinajstić information content (AvgIpc) is 3.87. The number of anilines is 3. The monoisotopic (exact) mass is 681 g/mol. The fraction of sp³-hybridized carbons (Fsp3) is 0.0204. The summed E-state index contributed by atoms with van der Waals surface area (Å²) in [4.78, 5) is 2.48. The van der Waals surface area contributed by atoms with Crippen molar-refractivity contribution in [1.29, 1.82) is 0 Å². The summed E-state index contributed by atoms with van der Waals surface area (Å²) >= 11 is 1.85. The van der Waals surface area contributed by atoms with Gasteiger partial charge in [0.15, 0.2) is 0 Å². The first kappa shape index (κ1) is 29.3. The molecule has 0 N–H and O–H groups in total. The number of hydrogen-bond donors (Lipinski definition) is 0. The third-order valence-electron chi connectivity index (χ3n) is 10.9. The maximum atomic E-state index is 6.53. The Balaban J connectivity index is 1.27. The zero-order valence-electron chi connectivity index (χ0n) is 28.2. The van der Waals surface area contributed by atoms with Gasteiger partial charge in [0.05, 0.1) is 16.8 Å². The van der Waals surface area contributed by atoms with Gasteiger partial charge < -0.3 is 9.32 Å². The van der Waals surface area contributed by atoms with Gasteiger partial charge in [0.1, 0.15) is 11.2 Å². The molecule has 0 unspecified atom stereocenters. The molecular formula is C49H31NOS. The lowest BCUT2D eigenvalue weighted by atomic mass is 9.68. The molecular weight excluding hydrogens is 651 g/mol. The third-order valence-corrected chi connectivity index (χ3v) is 12.1. The van der Waals surface area contributed by atoms with Crippen LogP contribution in [0, 0.1) is 0 Å². The Morgan fingerprint density at radius 1 is 0.442 bits per heavy atom. The highest BCUT2D eigenvalue weighted by molar-refractivity contribution is 7.26. The van der Waals surface area contributed by atoms with E-state index in [1.165, 1.54) is 53.6 Å². The zero-order chi connectivity index (χ0) is 34.2. The van der Waals surface area contributed by atoms with Gasteiger partial charge in [-0.1, -0.05) is 140 Å². The van der Waals surface area contributed by atoms with Crippen molar-refractivity contribution in [2.45, 2.75) is 5.41 Å². The van der Waals surface area contributed by atoms with Crippen molar-refractivity contribution < 1.29 is 4.42 Å². The third kappa shape index (κ3) is 4.06. The number of fused-ring (bicyclic) bond motifs is 9. The SMILES string of the molecule is c1ccc(C2(c3ccccc3)c3ccccc3-c3c(N(c4ccc5c(c4)oc4ccccc45)c4cccc5sc6ccccc6c45)cccc32)cc1. The first-order valence-corrected chi connectivity index (χ1v) is 18.6. The summed E-state index contributed by atoms with van der Waals surface area (Å²) in [6.07, 6.45) is 0. The van der Waals surface area contributed by atoms with E-state index in [1.54, 1.807) is 0 Å². The van der Waals surface area contributed by atoms with Gasteiger partial charge in [0.25, 0.3) is 0 Å². The van der Waals surface area contributed by atoms with Crippen LogP contribution >= 0.6 is 11.3 Å². The molecule has 0 bridgehead atoms. The molecule has 10 aromatic rings. The summed E-state index contributed by atoms with van der Waals surface area (Å²) in [6, 6.07) is 68.5. The number of thiophene rings is 1. The number of furan rings is 1. The van der Waals surface area contributed by atoms with Gasteiger partial charge in [-0.25, -0.2) is 0 Å². The molecule has 8 aromatic carbocycles. The normalized spacial score (nSPS) is 13.2. The summed E-state index contributed by atoms with van der Waals surface area (Å²) in [7, 11) is 0. The van der Waals surface area contributed by atoms with E-state index in [-0.39, 0.29) is 0 Å². The Hall–Kier alpha value is -6.42. The molecule has 2 aromatic heterocycles. The fourth-order valence-electron chi connectivity index (χ4n) is 8.86. The lowest BCUT2D eigenvalue weighted by Crippen LogP contribution is -2.28. The summed E-state index contributed by atoms with van der Waals surface area (Å²) in [6.45, 7) is 0. The second kappa shape index (κ2) is 11.3. The second-order valence-electron chi connectivity index (χ2n) is 13.6. The molecule has 0 aliphatic heterocycles. The maximum Gasteiger partial charge on any atom is 0.137 e. The smallest absolute Gasteiger partial charge is 0.137 e. The average molecular weight is 682 g/mol. The van der Waals surface area contributed by atoms with Gasteiger partial charge in [-0.3, -0.25) is 0 Å². The van der Waals surface area contributed by atoms with Gasteiger partial charge in [-0.05, 0) is 70.3 Å². The first-order chi connectivity index (χ1) is 25.8. The molecule has 0 fully saturated rings. The van der Waals surface area contributed by atoms with Crippen molar-refractivity contribution >= 4 is 70.5 Å². The largest absolute Gasteiger partial charge is 0.456 e. The quantitative estimate of drug-likeness (QED) is 0.180. The van der Waals surface area contributed by atoms with Crippen LogP contribution in [0.4, 0.5) is 17.1 Å². The Labute approximate surface area is 305 Å². The molecule has 0 amide bonds. The highest BCUT2D eigenvalue weighted by Crippen LogP contribution is 2.60. The van der Waals surface area contributed by atoms with Crippen LogP contribution in [0.2, 0.25) is 0 Å². The predicted octanol–water partition coefficient (Wildman–Crippen LogP) is 13.8. The molecule has 0 atom stereocenters. The van der Waals surface area contributed by atoms with E-state index in [0.29, 0.717) is 0 Å². The zero-order valence-corrected chi connectivity index (χ0v) is 29.0. The first-order valence-electron chi connectivity index (χ1n) is 17.8. The number of hydrogen-bond acceptors (Lipinski definition) is 3. The minimum atomic E-state index is -0.500. The van der Waals surface area contributed by atoms with Gasteiger partial charge in [-0.15, -0.1) is 11.3 Å². The Morgan fingerprint density at radius 3 is 1.88 bits per heavy atom. The van der Waals surface area contributed by atoms with Crippen molar-refractivity contribution in [3.05, 3.63) is 210 Å². The summed E-state index contributed by atoms with van der Waals surface area (Å²) in [5.41, 5.74) is 12.2. The number of para-hydroxylation sites is 1. The molecule has 2 nitrogen and oxygen atoms in total. The highest BCUT2D eigenvalue weighted by atomic mass is 32.1. The minimum Gasteiger partial charge on any atom is -0.456 e. The van der Waals surface area contributed by atoms with Crippen molar-refractivity contribution in [3.63, 3.8) is 0 Å².